The highest BCUT2D eigenvalue weighted by atomic mass is 32.2. The first-order valence-corrected chi connectivity index (χ1v) is 12.5. The van der Waals surface area contributed by atoms with Crippen molar-refractivity contribution in [2.45, 2.75) is 44.0 Å². The number of ether oxygens (including phenoxy) is 1. The van der Waals surface area contributed by atoms with Crippen LogP contribution in [0.5, 0.6) is 0 Å². The fourth-order valence-corrected chi connectivity index (χ4v) is 5.67. The molecular formula is C23H24F2N4O3S2. The Bertz CT molecular complexity index is 1150. The third-order valence-electron chi connectivity index (χ3n) is 5.69. The molecule has 0 bridgehead atoms. The van der Waals surface area contributed by atoms with Crippen LogP contribution in [0, 0.1) is 17.6 Å². The summed E-state index contributed by atoms with van der Waals surface area (Å²) in [5.41, 5.74) is 11.4. The van der Waals surface area contributed by atoms with Crippen molar-refractivity contribution < 1.29 is 23.1 Å². The van der Waals surface area contributed by atoms with Crippen LogP contribution < -0.4 is 16.8 Å². The van der Waals surface area contributed by atoms with Crippen molar-refractivity contribution in [2.75, 3.05) is 5.73 Å². The summed E-state index contributed by atoms with van der Waals surface area (Å²) in [6.07, 6.45) is 6.28. The van der Waals surface area contributed by atoms with Crippen molar-refractivity contribution in [1.29, 1.82) is 0 Å². The number of carbonyl (C=O) groups excluding carboxylic acids is 2. The minimum atomic E-state index is -0.786. The lowest BCUT2D eigenvalue weighted by Crippen LogP contribution is -2.31. The number of anilines is 1. The maximum atomic E-state index is 14.2. The van der Waals surface area contributed by atoms with Crippen molar-refractivity contribution in [1.82, 2.24) is 10.3 Å². The quantitative estimate of drug-likeness (QED) is 0.537. The highest BCUT2D eigenvalue weighted by Gasteiger charge is 2.29. The van der Waals surface area contributed by atoms with E-state index in [2.05, 4.69) is 10.3 Å². The Hall–Kier alpha value is -2.92. The summed E-state index contributed by atoms with van der Waals surface area (Å²) in [7, 11) is 0. The molecule has 180 valence electrons. The molecule has 2 aliphatic rings. The molecule has 11 heteroatoms. The molecule has 1 fully saturated rings. The molecule has 2 amide bonds. The number of benzene rings is 1. The number of nitrogens with zero attached hydrogens (tertiary/aromatic N) is 1. The second-order valence-electron chi connectivity index (χ2n) is 8.16. The van der Waals surface area contributed by atoms with Gasteiger partial charge in [0.05, 0.1) is 17.4 Å². The fraction of sp³-hybridized carbons (Fsp3) is 0.348. The Morgan fingerprint density at radius 2 is 1.85 bits per heavy atom. The maximum absolute atomic E-state index is 14.2. The summed E-state index contributed by atoms with van der Waals surface area (Å²) in [4.78, 5) is 28.5. The first kappa shape index (κ1) is 24.2. The zero-order chi connectivity index (χ0) is 24.4. The van der Waals surface area contributed by atoms with Gasteiger partial charge in [-0.25, -0.2) is 13.8 Å². The Morgan fingerprint density at radius 1 is 1.18 bits per heavy atom. The van der Waals surface area contributed by atoms with Crippen molar-refractivity contribution in [2.24, 2.45) is 11.7 Å². The predicted molar refractivity (Wildman–Crippen MR) is 129 cm³/mol. The zero-order valence-electron chi connectivity index (χ0n) is 18.3. The minimum absolute atomic E-state index is 0.0166. The van der Waals surface area contributed by atoms with Gasteiger partial charge in [0.2, 0.25) is 5.91 Å². The molecule has 7 nitrogen and oxygen atoms in total. The average Bonchev–Trinajstić information content (AvgIpc) is 3.17. The van der Waals surface area contributed by atoms with Gasteiger partial charge in [0.1, 0.15) is 21.6 Å². The summed E-state index contributed by atoms with van der Waals surface area (Å²) in [6, 6.07) is 3.49. The van der Waals surface area contributed by atoms with E-state index in [1.165, 1.54) is 17.8 Å². The highest BCUT2D eigenvalue weighted by molar-refractivity contribution is 8.03. The van der Waals surface area contributed by atoms with Gasteiger partial charge >= 0.3 is 0 Å². The number of allylic oxidation sites excluding steroid dienone is 1. The van der Waals surface area contributed by atoms with E-state index in [9.17, 15) is 18.4 Å². The Labute approximate surface area is 203 Å². The van der Waals surface area contributed by atoms with Crippen molar-refractivity contribution in [3.8, 4) is 10.6 Å². The van der Waals surface area contributed by atoms with E-state index in [0.717, 1.165) is 23.5 Å². The Balaban J connectivity index is 1.52. The summed E-state index contributed by atoms with van der Waals surface area (Å²) in [6.45, 7) is 2.00. The molecule has 1 aromatic carbocycles. The molecule has 1 aliphatic heterocycles. The third kappa shape index (κ3) is 5.25. The van der Waals surface area contributed by atoms with Gasteiger partial charge in [-0.1, -0.05) is 35.2 Å². The predicted octanol–water partition coefficient (Wildman–Crippen LogP) is 4.32. The van der Waals surface area contributed by atoms with E-state index in [4.69, 9.17) is 16.2 Å². The fourth-order valence-electron chi connectivity index (χ4n) is 3.86. The summed E-state index contributed by atoms with van der Waals surface area (Å²) in [5.74, 6) is -2.60. The molecule has 0 saturated heterocycles. The van der Waals surface area contributed by atoms with Gasteiger partial charge in [0, 0.05) is 11.2 Å². The smallest absolute Gasteiger partial charge is 0.277 e. The molecule has 1 saturated carbocycles. The number of aromatic nitrogens is 1. The van der Waals surface area contributed by atoms with Gasteiger partial charge < -0.3 is 21.5 Å². The Morgan fingerprint density at radius 3 is 2.50 bits per heavy atom. The number of hydrogen-bond donors (Lipinski definition) is 3. The number of thiazole rings is 1. The highest BCUT2D eigenvalue weighted by Crippen LogP contribution is 2.37. The number of nitrogen functional groups attached to an aromatic ring is 1. The molecule has 0 spiro atoms. The second-order valence-corrected chi connectivity index (χ2v) is 10.5. The van der Waals surface area contributed by atoms with Gasteiger partial charge in [-0.3, -0.25) is 9.59 Å². The van der Waals surface area contributed by atoms with Gasteiger partial charge in [-0.05, 0) is 50.8 Å². The van der Waals surface area contributed by atoms with Crippen LogP contribution in [0.3, 0.4) is 0 Å². The SMILES string of the molecule is CC1C=CC(NC(=O)c2nc(-c3c(F)cccc3F)sc2N)=C(OC2CCC(C(N)=O)CC2)S1. The first-order valence-electron chi connectivity index (χ1n) is 10.8. The van der Waals surface area contributed by atoms with Crippen molar-refractivity contribution in [3.63, 3.8) is 0 Å². The van der Waals surface area contributed by atoms with Crippen LogP contribution in [0.25, 0.3) is 10.6 Å². The normalized spacial score (nSPS) is 22.5. The zero-order valence-corrected chi connectivity index (χ0v) is 20.0. The van der Waals surface area contributed by atoms with E-state index in [1.807, 2.05) is 13.0 Å². The minimum Gasteiger partial charge on any atom is -0.482 e. The largest absolute Gasteiger partial charge is 0.482 e. The van der Waals surface area contributed by atoms with Crippen LogP contribution in [-0.2, 0) is 9.53 Å². The number of thioether (sulfide) groups is 1. The van der Waals surface area contributed by atoms with Gasteiger partial charge in [0.25, 0.3) is 5.91 Å². The topological polar surface area (TPSA) is 120 Å². The average molecular weight is 507 g/mol. The maximum Gasteiger partial charge on any atom is 0.277 e. The molecular weight excluding hydrogens is 482 g/mol. The molecule has 34 heavy (non-hydrogen) atoms. The number of carbonyl (C=O) groups is 2. The van der Waals surface area contributed by atoms with Gasteiger partial charge in [0.15, 0.2) is 10.8 Å². The van der Waals surface area contributed by atoms with Crippen molar-refractivity contribution in [3.05, 3.63) is 58.5 Å². The molecule has 2 heterocycles. The van der Waals surface area contributed by atoms with Crippen LogP contribution in [-0.4, -0.2) is 28.2 Å². The summed E-state index contributed by atoms with van der Waals surface area (Å²) < 4.78 is 34.5. The number of hydrogen-bond acceptors (Lipinski definition) is 7. The van der Waals surface area contributed by atoms with E-state index in [0.29, 0.717) is 36.5 Å². The second kappa shape index (κ2) is 10.1. The summed E-state index contributed by atoms with van der Waals surface area (Å²) in [5, 5.41) is 3.49. The number of rotatable bonds is 6. The molecule has 5 N–H and O–H groups in total. The van der Waals surface area contributed by atoms with Gasteiger partial charge in [-0.2, -0.15) is 0 Å². The first-order chi connectivity index (χ1) is 16.2. The summed E-state index contributed by atoms with van der Waals surface area (Å²) >= 11 is 2.29. The third-order valence-corrected chi connectivity index (χ3v) is 7.65. The lowest BCUT2D eigenvalue weighted by atomic mass is 9.87. The number of nitrogens with two attached hydrogens (primary N) is 2. The standard InChI is InChI=1S/C23H24F2N4O3S2/c1-11-5-10-16(23(33-11)32-13-8-6-12(7-9-13)19(26)30)28-21(31)18-20(27)34-22(29-18)17-14(24)3-2-4-15(17)25/h2-5,10-13H,6-9,27H2,1H3,(H2,26,30)(H,28,31). The van der Waals surface area contributed by atoms with E-state index < -0.39 is 17.5 Å². The van der Waals surface area contributed by atoms with Crippen molar-refractivity contribution >= 4 is 39.9 Å². The molecule has 1 aliphatic carbocycles. The molecule has 1 aromatic heterocycles. The lowest BCUT2D eigenvalue weighted by Gasteiger charge is -2.30. The molecule has 0 radical (unpaired) electrons. The van der Waals surface area contributed by atoms with Crippen LogP contribution in [0.2, 0.25) is 0 Å². The Kier molecular flexibility index (Phi) is 7.22. The van der Waals surface area contributed by atoms with E-state index >= 15 is 0 Å². The number of primary amides is 1. The van der Waals surface area contributed by atoms with E-state index in [-0.39, 0.29) is 44.4 Å². The van der Waals surface area contributed by atoms with Crippen LogP contribution in [0.15, 0.2) is 41.1 Å². The molecule has 1 atom stereocenters. The number of amides is 2. The molecule has 1 unspecified atom stereocenters. The number of nitrogens with one attached hydrogen (secondary N) is 1. The van der Waals surface area contributed by atoms with Crippen LogP contribution >= 0.6 is 23.1 Å². The monoisotopic (exact) mass is 506 g/mol. The number of halogens is 2. The van der Waals surface area contributed by atoms with Crippen LogP contribution in [0.1, 0.15) is 43.1 Å². The van der Waals surface area contributed by atoms with E-state index in [1.54, 1.807) is 6.08 Å². The molecule has 2 aromatic rings. The molecule has 4 rings (SSSR count). The lowest BCUT2D eigenvalue weighted by molar-refractivity contribution is -0.123. The van der Waals surface area contributed by atoms with Gasteiger partial charge in [-0.15, -0.1) is 0 Å². The van der Waals surface area contributed by atoms with Crippen LogP contribution in [0.4, 0.5) is 13.8 Å².